The molecule has 0 N–H and O–H groups in total. The molecule has 0 aliphatic carbocycles. The summed E-state index contributed by atoms with van der Waals surface area (Å²) in [5.74, 6) is 0. The van der Waals surface area contributed by atoms with E-state index in [-0.39, 0.29) is 0 Å². The van der Waals surface area contributed by atoms with Crippen molar-refractivity contribution in [3.8, 4) is 0 Å². The van der Waals surface area contributed by atoms with Crippen LogP contribution in [0.2, 0.25) is 0 Å². The molecule has 2 aromatic rings. The number of hydrogen-bond acceptors (Lipinski definition) is 1. The first-order chi connectivity index (χ1) is 6.83. The Morgan fingerprint density at radius 2 is 2.07 bits per heavy atom. The second-order valence-electron chi connectivity index (χ2n) is 3.18. The fourth-order valence-electron chi connectivity index (χ4n) is 1.50. The molecule has 0 saturated heterocycles. The lowest BCUT2D eigenvalue weighted by Gasteiger charge is -2.03. The molecule has 1 aromatic heterocycles. The fourth-order valence-corrected chi connectivity index (χ4v) is 1.50. The smallest absolute Gasteiger partial charge is 0.0783 e. The van der Waals surface area contributed by atoms with Gasteiger partial charge in [-0.3, -0.25) is 4.98 Å². The van der Waals surface area contributed by atoms with Crippen LogP contribution in [0.1, 0.15) is 12.5 Å². The highest BCUT2D eigenvalue weighted by Crippen LogP contribution is 2.21. The molecule has 1 aromatic carbocycles. The van der Waals surface area contributed by atoms with E-state index in [9.17, 15) is 0 Å². The molecule has 2 rings (SSSR count). The summed E-state index contributed by atoms with van der Waals surface area (Å²) in [6.45, 7) is 5.65. The van der Waals surface area contributed by atoms with Gasteiger partial charge in [-0.2, -0.15) is 0 Å². The largest absolute Gasteiger partial charge is 0.256 e. The molecule has 1 heterocycles. The topological polar surface area (TPSA) is 12.9 Å². The van der Waals surface area contributed by atoms with Crippen molar-refractivity contribution in [3.63, 3.8) is 0 Å². The number of rotatable bonds is 1. The predicted octanol–water partition coefficient (Wildman–Crippen LogP) is 3.42. The highest BCUT2D eigenvalue weighted by molar-refractivity contribution is 5.90. The van der Waals surface area contributed by atoms with E-state index in [4.69, 9.17) is 0 Å². The lowest BCUT2D eigenvalue weighted by Crippen LogP contribution is -1.84. The summed E-state index contributed by atoms with van der Waals surface area (Å²) in [6.07, 6.45) is 1.81. The maximum Gasteiger partial charge on any atom is 0.0783 e. The zero-order chi connectivity index (χ0) is 9.97. The number of fused-ring (bicyclic) bond motifs is 1. The zero-order valence-corrected chi connectivity index (χ0v) is 8.12. The average molecular weight is 181 g/mol. The third kappa shape index (κ3) is 1.34. The van der Waals surface area contributed by atoms with Crippen molar-refractivity contribution < 1.29 is 0 Å². The van der Waals surface area contributed by atoms with E-state index in [1.165, 1.54) is 0 Å². The van der Waals surface area contributed by atoms with E-state index < -0.39 is 0 Å². The van der Waals surface area contributed by atoms with Crippen LogP contribution in [0, 0.1) is 0 Å². The maximum atomic E-state index is 4.36. The van der Waals surface area contributed by atoms with Gasteiger partial charge in [-0.15, -0.1) is 5.73 Å². The molecule has 0 amide bonds. The summed E-state index contributed by atoms with van der Waals surface area (Å²) in [6, 6.07) is 10.1. The summed E-state index contributed by atoms with van der Waals surface area (Å²) in [7, 11) is 0. The first-order valence-corrected chi connectivity index (χ1v) is 4.53. The number of benzene rings is 1. The predicted molar refractivity (Wildman–Crippen MR) is 60.0 cm³/mol. The van der Waals surface area contributed by atoms with Gasteiger partial charge in [-0.1, -0.05) is 30.8 Å². The van der Waals surface area contributed by atoms with Crippen molar-refractivity contribution in [1.82, 2.24) is 4.98 Å². The molecule has 0 spiro atoms. The number of para-hydroxylation sites is 1. The van der Waals surface area contributed by atoms with Crippen LogP contribution < -0.4 is 0 Å². The van der Waals surface area contributed by atoms with Crippen molar-refractivity contribution in [2.24, 2.45) is 0 Å². The third-order valence-electron chi connectivity index (χ3n) is 2.30. The van der Waals surface area contributed by atoms with E-state index in [0.29, 0.717) is 0 Å². The Morgan fingerprint density at radius 3 is 2.86 bits per heavy atom. The molecule has 14 heavy (non-hydrogen) atoms. The van der Waals surface area contributed by atoms with Crippen molar-refractivity contribution >= 4 is 16.5 Å². The Labute approximate surface area is 83.4 Å². The monoisotopic (exact) mass is 181 g/mol. The summed E-state index contributed by atoms with van der Waals surface area (Å²) in [4.78, 5) is 4.36. The van der Waals surface area contributed by atoms with Crippen LogP contribution in [-0.2, 0) is 0 Å². The van der Waals surface area contributed by atoms with Gasteiger partial charge in [0.15, 0.2) is 0 Å². The van der Waals surface area contributed by atoms with Gasteiger partial charge < -0.3 is 0 Å². The highest BCUT2D eigenvalue weighted by Gasteiger charge is 2.01. The lowest BCUT2D eigenvalue weighted by molar-refractivity contribution is 1.40. The summed E-state index contributed by atoms with van der Waals surface area (Å²) in [5.41, 5.74) is 6.06. The third-order valence-corrected chi connectivity index (χ3v) is 2.30. The van der Waals surface area contributed by atoms with Crippen molar-refractivity contribution in [3.05, 3.63) is 54.4 Å². The second kappa shape index (κ2) is 3.49. The van der Waals surface area contributed by atoms with Gasteiger partial charge >= 0.3 is 0 Å². The van der Waals surface area contributed by atoms with Gasteiger partial charge in [0.05, 0.1) is 5.52 Å². The molecule has 0 aliphatic rings. The SMILES string of the molecule is C=C=C(C)c1cccc2cccnc12. The van der Waals surface area contributed by atoms with Gasteiger partial charge in [-0.25, -0.2) is 0 Å². The molecule has 0 saturated carbocycles. The Hall–Kier alpha value is -1.85. The van der Waals surface area contributed by atoms with Crippen LogP contribution >= 0.6 is 0 Å². The van der Waals surface area contributed by atoms with E-state index in [1.54, 1.807) is 0 Å². The summed E-state index contributed by atoms with van der Waals surface area (Å²) < 4.78 is 0. The van der Waals surface area contributed by atoms with Gasteiger partial charge in [0, 0.05) is 17.1 Å². The number of allylic oxidation sites excluding steroid dienone is 1. The second-order valence-corrected chi connectivity index (χ2v) is 3.18. The van der Waals surface area contributed by atoms with Crippen LogP contribution in [0.4, 0.5) is 0 Å². The molecular formula is C13H11N. The molecule has 0 unspecified atom stereocenters. The van der Waals surface area contributed by atoms with Crippen molar-refractivity contribution in [2.75, 3.05) is 0 Å². The number of pyridine rings is 1. The first-order valence-electron chi connectivity index (χ1n) is 4.53. The standard InChI is InChI=1S/C13H11N/c1-3-10(2)12-8-4-6-11-7-5-9-14-13(11)12/h4-9H,1H2,2H3. The van der Waals surface area contributed by atoms with E-state index >= 15 is 0 Å². The van der Waals surface area contributed by atoms with Crippen molar-refractivity contribution in [2.45, 2.75) is 6.92 Å². The quantitative estimate of drug-likeness (QED) is 0.614. The highest BCUT2D eigenvalue weighted by atomic mass is 14.6. The maximum absolute atomic E-state index is 4.36. The lowest BCUT2D eigenvalue weighted by atomic mass is 10.0. The Kier molecular flexibility index (Phi) is 2.18. The molecule has 1 heteroatoms. The molecule has 0 fully saturated rings. The van der Waals surface area contributed by atoms with E-state index in [0.717, 1.165) is 22.0 Å². The van der Waals surface area contributed by atoms with E-state index in [1.807, 2.05) is 31.3 Å². The molecule has 0 bridgehead atoms. The molecule has 68 valence electrons. The Morgan fingerprint density at radius 1 is 1.29 bits per heavy atom. The van der Waals surface area contributed by atoms with Gasteiger partial charge in [0.1, 0.15) is 0 Å². The van der Waals surface area contributed by atoms with Crippen LogP contribution in [0.3, 0.4) is 0 Å². The van der Waals surface area contributed by atoms with Crippen LogP contribution in [-0.4, -0.2) is 4.98 Å². The number of hydrogen-bond donors (Lipinski definition) is 0. The van der Waals surface area contributed by atoms with Gasteiger partial charge in [0.25, 0.3) is 0 Å². The molecule has 0 atom stereocenters. The Bertz CT molecular complexity index is 514. The minimum Gasteiger partial charge on any atom is -0.256 e. The van der Waals surface area contributed by atoms with Gasteiger partial charge in [-0.05, 0) is 18.6 Å². The van der Waals surface area contributed by atoms with Gasteiger partial charge in [0.2, 0.25) is 0 Å². The zero-order valence-electron chi connectivity index (χ0n) is 8.12. The summed E-state index contributed by atoms with van der Waals surface area (Å²) in [5, 5.41) is 1.15. The molecule has 1 nitrogen and oxygen atoms in total. The molecular weight excluding hydrogens is 170 g/mol. The van der Waals surface area contributed by atoms with Crippen LogP contribution in [0.25, 0.3) is 16.5 Å². The van der Waals surface area contributed by atoms with Crippen LogP contribution in [0.15, 0.2) is 48.8 Å². The minimum absolute atomic E-state index is 1.02. The van der Waals surface area contributed by atoms with E-state index in [2.05, 4.69) is 29.4 Å². The Balaban J connectivity index is 2.84. The summed E-state index contributed by atoms with van der Waals surface area (Å²) >= 11 is 0. The molecule has 0 radical (unpaired) electrons. The number of aromatic nitrogens is 1. The van der Waals surface area contributed by atoms with Crippen molar-refractivity contribution in [1.29, 1.82) is 0 Å². The normalized spacial score (nSPS) is 9.79. The minimum atomic E-state index is 1.02. The number of nitrogens with zero attached hydrogens (tertiary/aromatic N) is 1. The average Bonchev–Trinajstić information content (AvgIpc) is 2.27. The fraction of sp³-hybridized carbons (Fsp3) is 0.0769. The molecule has 0 aliphatic heterocycles. The van der Waals surface area contributed by atoms with Crippen LogP contribution in [0.5, 0.6) is 0 Å². The first kappa shape index (κ1) is 8.74.